The zero-order chi connectivity index (χ0) is 20.3. The normalized spacial score (nSPS) is 12.9. The summed E-state index contributed by atoms with van der Waals surface area (Å²) in [5, 5.41) is 18.6. The van der Waals surface area contributed by atoms with Gasteiger partial charge in [-0.05, 0) is 73.2 Å². The Labute approximate surface area is 174 Å². The molecule has 0 saturated carbocycles. The van der Waals surface area contributed by atoms with Crippen LogP contribution in [0.15, 0.2) is 71.5 Å². The summed E-state index contributed by atoms with van der Waals surface area (Å²) in [6, 6.07) is 21.5. The molecular weight excluding hydrogens is 374 g/mol. The lowest BCUT2D eigenvalue weighted by atomic mass is 9.90. The van der Waals surface area contributed by atoms with Crippen molar-refractivity contribution in [3.63, 3.8) is 0 Å². The molecule has 30 heavy (non-hydrogen) atoms. The minimum absolute atomic E-state index is 0.220. The van der Waals surface area contributed by atoms with Gasteiger partial charge < -0.3 is 5.32 Å². The average molecular weight is 395 g/mol. The molecule has 148 valence electrons. The van der Waals surface area contributed by atoms with E-state index in [9.17, 15) is 4.79 Å². The van der Waals surface area contributed by atoms with Gasteiger partial charge in [0.1, 0.15) is 0 Å². The third kappa shape index (κ3) is 3.85. The third-order valence-corrected chi connectivity index (χ3v) is 5.42. The number of aromatic nitrogens is 4. The first-order valence-electron chi connectivity index (χ1n) is 10.1. The molecule has 2 aromatic heterocycles. The lowest BCUT2D eigenvalue weighted by Gasteiger charge is -2.16. The van der Waals surface area contributed by atoms with E-state index in [1.54, 1.807) is 6.07 Å². The summed E-state index contributed by atoms with van der Waals surface area (Å²) in [6.45, 7) is 0. The second kappa shape index (κ2) is 7.91. The number of hydrogen-bond acceptors (Lipinski definition) is 5. The number of benzene rings is 2. The Morgan fingerprint density at radius 2 is 1.60 bits per heavy atom. The van der Waals surface area contributed by atoms with E-state index in [-0.39, 0.29) is 5.56 Å². The predicted octanol–water partition coefficient (Wildman–Crippen LogP) is 4.52. The molecule has 6 heteroatoms. The molecule has 0 bridgehead atoms. The molecule has 0 spiro atoms. The maximum absolute atomic E-state index is 11.2. The van der Waals surface area contributed by atoms with Crippen LogP contribution in [0.1, 0.15) is 24.0 Å². The van der Waals surface area contributed by atoms with Gasteiger partial charge in [-0.3, -0.25) is 4.79 Å². The minimum atomic E-state index is -0.220. The quantitative estimate of drug-likeness (QED) is 0.531. The summed E-state index contributed by atoms with van der Waals surface area (Å²) in [6.07, 6.45) is 4.87. The SMILES string of the molecule is O=c1ccc(-c2cccc(Nc3ccc(-c4ccc5c(c4)CCCC5)nn3)c2)n[nH]1. The second-order valence-corrected chi connectivity index (χ2v) is 7.51. The van der Waals surface area contributed by atoms with E-state index in [2.05, 4.69) is 43.9 Å². The van der Waals surface area contributed by atoms with Gasteiger partial charge >= 0.3 is 0 Å². The first kappa shape index (κ1) is 18.2. The van der Waals surface area contributed by atoms with E-state index in [1.807, 2.05) is 36.4 Å². The number of nitrogens with zero attached hydrogens (tertiary/aromatic N) is 3. The van der Waals surface area contributed by atoms with E-state index in [1.165, 1.54) is 36.5 Å². The van der Waals surface area contributed by atoms with Crippen LogP contribution in [0.2, 0.25) is 0 Å². The summed E-state index contributed by atoms with van der Waals surface area (Å²) in [4.78, 5) is 11.2. The Kier molecular flexibility index (Phi) is 4.81. The third-order valence-electron chi connectivity index (χ3n) is 5.42. The Morgan fingerprint density at radius 3 is 2.40 bits per heavy atom. The predicted molar refractivity (Wildman–Crippen MR) is 118 cm³/mol. The summed E-state index contributed by atoms with van der Waals surface area (Å²) in [5.41, 5.74) is 7.14. The van der Waals surface area contributed by atoms with Crippen LogP contribution in [-0.4, -0.2) is 20.4 Å². The van der Waals surface area contributed by atoms with Crippen LogP contribution in [0, 0.1) is 0 Å². The van der Waals surface area contributed by atoms with E-state index >= 15 is 0 Å². The zero-order valence-corrected chi connectivity index (χ0v) is 16.4. The molecule has 0 unspecified atom stereocenters. The molecule has 0 saturated heterocycles. The van der Waals surface area contributed by atoms with Crippen molar-refractivity contribution in [3.8, 4) is 22.5 Å². The maximum Gasteiger partial charge on any atom is 0.264 e. The smallest absolute Gasteiger partial charge is 0.264 e. The fraction of sp³-hybridized carbons (Fsp3) is 0.167. The molecular formula is C24H21N5O. The summed E-state index contributed by atoms with van der Waals surface area (Å²) in [5.74, 6) is 0.670. The number of aryl methyl sites for hydroxylation is 2. The average Bonchev–Trinajstić information content (AvgIpc) is 2.80. The van der Waals surface area contributed by atoms with Crippen molar-refractivity contribution in [1.82, 2.24) is 20.4 Å². The molecule has 1 aliphatic rings. The molecule has 2 aromatic carbocycles. The second-order valence-electron chi connectivity index (χ2n) is 7.51. The number of fused-ring (bicyclic) bond motifs is 1. The highest BCUT2D eigenvalue weighted by molar-refractivity contribution is 5.68. The van der Waals surface area contributed by atoms with E-state index in [0.717, 1.165) is 28.9 Å². The highest BCUT2D eigenvalue weighted by Gasteiger charge is 2.11. The Bertz CT molecular complexity index is 1230. The first-order chi connectivity index (χ1) is 14.7. The van der Waals surface area contributed by atoms with Crippen LogP contribution >= 0.6 is 0 Å². The van der Waals surface area contributed by atoms with Crippen LogP contribution < -0.4 is 10.9 Å². The fourth-order valence-corrected chi connectivity index (χ4v) is 3.86. The molecule has 0 fully saturated rings. The molecule has 5 rings (SSSR count). The van der Waals surface area contributed by atoms with E-state index in [4.69, 9.17) is 0 Å². The van der Waals surface area contributed by atoms with Crippen molar-refractivity contribution < 1.29 is 0 Å². The van der Waals surface area contributed by atoms with Gasteiger partial charge in [-0.2, -0.15) is 5.10 Å². The standard InChI is InChI=1S/C24H21N5O/c30-24-13-11-22(27-29-24)18-6-3-7-20(15-18)25-23-12-10-21(26-28-23)19-9-8-16-4-1-2-5-17(16)14-19/h3,6-15H,1-2,4-5H2,(H,25,28)(H,29,30). The molecule has 2 N–H and O–H groups in total. The number of nitrogens with one attached hydrogen (secondary N) is 2. The number of hydrogen-bond donors (Lipinski definition) is 2. The number of H-pyrrole nitrogens is 1. The number of anilines is 2. The van der Waals surface area contributed by atoms with Crippen LogP contribution in [0.3, 0.4) is 0 Å². The summed E-state index contributed by atoms with van der Waals surface area (Å²) < 4.78 is 0. The van der Waals surface area contributed by atoms with Gasteiger partial charge in [0.15, 0.2) is 5.82 Å². The summed E-state index contributed by atoms with van der Waals surface area (Å²) >= 11 is 0. The topological polar surface area (TPSA) is 83.6 Å². The first-order valence-corrected chi connectivity index (χ1v) is 10.1. The van der Waals surface area contributed by atoms with Gasteiger partial charge in [0.2, 0.25) is 0 Å². The molecule has 0 aliphatic heterocycles. The van der Waals surface area contributed by atoms with Crippen LogP contribution in [0.5, 0.6) is 0 Å². The Balaban J connectivity index is 1.35. The lowest BCUT2D eigenvalue weighted by Crippen LogP contribution is -2.05. The number of aromatic amines is 1. The van der Waals surface area contributed by atoms with Crippen molar-refractivity contribution in [2.45, 2.75) is 25.7 Å². The van der Waals surface area contributed by atoms with Crippen molar-refractivity contribution in [2.24, 2.45) is 0 Å². The van der Waals surface area contributed by atoms with E-state index < -0.39 is 0 Å². The Hall–Kier alpha value is -3.80. The fourth-order valence-electron chi connectivity index (χ4n) is 3.86. The lowest BCUT2D eigenvalue weighted by molar-refractivity contribution is 0.686. The van der Waals surface area contributed by atoms with Crippen molar-refractivity contribution in [2.75, 3.05) is 5.32 Å². The molecule has 0 amide bonds. The molecule has 0 atom stereocenters. The van der Waals surface area contributed by atoms with Gasteiger partial charge in [0.05, 0.1) is 11.4 Å². The molecule has 2 heterocycles. The van der Waals surface area contributed by atoms with Crippen LogP contribution in [-0.2, 0) is 12.8 Å². The molecule has 0 radical (unpaired) electrons. The minimum Gasteiger partial charge on any atom is -0.339 e. The van der Waals surface area contributed by atoms with Crippen LogP contribution in [0.25, 0.3) is 22.5 Å². The van der Waals surface area contributed by atoms with Gasteiger partial charge in [-0.15, -0.1) is 10.2 Å². The monoisotopic (exact) mass is 395 g/mol. The van der Waals surface area contributed by atoms with Gasteiger partial charge in [-0.1, -0.05) is 24.3 Å². The largest absolute Gasteiger partial charge is 0.339 e. The molecule has 1 aliphatic carbocycles. The molecule has 6 nitrogen and oxygen atoms in total. The van der Waals surface area contributed by atoms with Crippen molar-refractivity contribution >= 4 is 11.5 Å². The maximum atomic E-state index is 11.2. The molecule has 4 aromatic rings. The van der Waals surface area contributed by atoms with Crippen LogP contribution in [0.4, 0.5) is 11.5 Å². The van der Waals surface area contributed by atoms with Crippen molar-refractivity contribution in [3.05, 3.63) is 88.2 Å². The van der Waals surface area contributed by atoms with Crippen molar-refractivity contribution in [1.29, 1.82) is 0 Å². The van der Waals surface area contributed by atoms with Gasteiger partial charge in [0, 0.05) is 22.9 Å². The van der Waals surface area contributed by atoms with Gasteiger partial charge in [0.25, 0.3) is 5.56 Å². The zero-order valence-electron chi connectivity index (χ0n) is 16.4. The van der Waals surface area contributed by atoms with E-state index in [0.29, 0.717) is 11.5 Å². The Morgan fingerprint density at radius 1 is 0.767 bits per heavy atom. The summed E-state index contributed by atoms with van der Waals surface area (Å²) in [7, 11) is 0. The van der Waals surface area contributed by atoms with Gasteiger partial charge in [-0.25, -0.2) is 5.10 Å². The highest BCUT2D eigenvalue weighted by atomic mass is 16.1. The number of rotatable bonds is 4. The highest BCUT2D eigenvalue weighted by Crippen LogP contribution is 2.27.